The minimum atomic E-state index is -0.662. The summed E-state index contributed by atoms with van der Waals surface area (Å²) in [6.07, 6.45) is 1.59. The molecule has 2 aromatic heterocycles. The highest BCUT2D eigenvalue weighted by atomic mass is 32.1. The molecule has 0 amide bonds. The maximum absolute atomic E-state index is 13.4. The zero-order chi connectivity index (χ0) is 27.7. The number of thiazole rings is 1. The van der Waals surface area contributed by atoms with Crippen molar-refractivity contribution in [3.63, 3.8) is 0 Å². The van der Waals surface area contributed by atoms with Crippen molar-refractivity contribution >= 4 is 34.8 Å². The summed E-state index contributed by atoms with van der Waals surface area (Å²) in [6, 6.07) is 16.0. The number of ether oxygens (including phenoxy) is 2. The number of hydrogen-bond acceptors (Lipinski definition) is 9. The standard InChI is InChI=1S/C28H23N3O7S/c1-4-37-27(33)24-16(2)30-26(32)23(39-28(30)29-25(24)17-8-10-20(36-3)11-9-17)15-21-12-13-22(38-21)18-6-5-7-19(14-18)31(34)35/h5-15,25H,4H2,1-3H3/b23-15-/t25-/m0/s1. The number of non-ortho nitro benzene ring substituents is 1. The van der Waals surface area contributed by atoms with Crippen LogP contribution >= 0.6 is 11.3 Å². The number of fused-ring (bicyclic) bond motifs is 1. The number of esters is 1. The molecule has 0 N–H and O–H groups in total. The van der Waals surface area contributed by atoms with Crippen LogP contribution in [0.5, 0.6) is 5.75 Å². The van der Waals surface area contributed by atoms with Gasteiger partial charge in [0.1, 0.15) is 27.8 Å². The van der Waals surface area contributed by atoms with Crippen LogP contribution in [-0.4, -0.2) is 29.2 Å². The molecule has 0 fully saturated rings. The van der Waals surface area contributed by atoms with E-state index in [-0.39, 0.29) is 23.4 Å². The van der Waals surface area contributed by atoms with Gasteiger partial charge in [-0.2, -0.15) is 0 Å². The van der Waals surface area contributed by atoms with Crippen LogP contribution in [0, 0.1) is 10.1 Å². The lowest BCUT2D eigenvalue weighted by atomic mass is 9.96. The predicted octanol–water partition coefficient (Wildman–Crippen LogP) is 4.08. The first kappa shape index (κ1) is 25.9. The van der Waals surface area contributed by atoms with Crippen molar-refractivity contribution in [1.82, 2.24) is 4.57 Å². The molecule has 0 aliphatic carbocycles. The Morgan fingerprint density at radius 1 is 1.21 bits per heavy atom. The van der Waals surface area contributed by atoms with Crippen molar-refractivity contribution < 1.29 is 23.6 Å². The fraction of sp³-hybridized carbons (Fsp3) is 0.179. The molecule has 0 saturated carbocycles. The van der Waals surface area contributed by atoms with Gasteiger partial charge >= 0.3 is 5.97 Å². The Morgan fingerprint density at radius 3 is 2.67 bits per heavy atom. The molecule has 198 valence electrons. The van der Waals surface area contributed by atoms with Crippen LogP contribution < -0.4 is 19.6 Å². The third-order valence-electron chi connectivity index (χ3n) is 6.21. The summed E-state index contributed by atoms with van der Waals surface area (Å²) >= 11 is 1.17. The maximum Gasteiger partial charge on any atom is 0.338 e. The van der Waals surface area contributed by atoms with E-state index in [0.29, 0.717) is 37.9 Å². The highest BCUT2D eigenvalue weighted by Gasteiger charge is 2.31. The molecule has 0 spiro atoms. The zero-order valence-electron chi connectivity index (χ0n) is 21.2. The van der Waals surface area contributed by atoms with Gasteiger partial charge in [-0.15, -0.1) is 0 Å². The molecule has 4 aromatic rings. The number of nitro benzene ring substituents is 1. The molecule has 0 saturated heterocycles. The van der Waals surface area contributed by atoms with Crippen LogP contribution in [0.1, 0.15) is 31.2 Å². The van der Waals surface area contributed by atoms with E-state index in [1.54, 1.807) is 63.4 Å². The van der Waals surface area contributed by atoms with Crippen molar-refractivity contribution in [2.45, 2.75) is 19.9 Å². The van der Waals surface area contributed by atoms with E-state index < -0.39 is 16.9 Å². The average molecular weight is 546 g/mol. The van der Waals surface area contributed by atoms with Crippen LogP contribution in [0.15, 0.2) is 80.4 Å². The van der Waals surface area contributed by atoms with Crippen LogP contribution in [0.2, 0.25) is 0 Å². The predicted molar refractivity (Wildman–Crippen MR) is 145 cm³/mol. The Hall–Kier alpha value is -4.77. The third kappa shape index (κ3) is 4.91. The minimum absolute atomic E-state index is 0.0497. The number of carbonyl (C=O) groups excluding carboxylic acids is 1. The lowest BCUT2D eigenvalue weighted by molar-refractivity contribution is -0.384. The topological polar surface area (TPSA) is 126 Å². The summed E-state index contributed by atoms with van der Waals surface area (Å²) < 4.78 is 18.2. The van der Waals surface area contributed by atoms with Gasteiger partial charge in [0.15, 0.2) is 4.80 Å². The Bertz CT molecular complexity index is 1800. The second-order valence-corrected chi connectivity index (χ2v) is 9.58. The van der Waals surface area contributed by atoms with Gasteiger partial charge in [-0.05, 0) is 43.7 Å². The molecule has 10 nitrogen and oxygen atoms in total. The first-order valence-electron chi connectivity index (χ1n) is 12.0. The lowest BCUT2D eigenvalue weighted by Gasteiger charge is -2.22. The summed E-state index contributed by atoms with van der Waals surface area (Å²) in [6.45, 7) is 3.60. The van der Waals surface area contributed by atoms with Crippen molar-refractivity contribution in [1.29, 1.82) is 0 Å². The molecule has 2 aromatic carbocycles. The fourth-order valence-electron chi connectivity index (χ4n) is 4.33. The summed E-state index contributed by atoms with van der Waals surface area (Å²) in [5, 5.41) is 11.1. The highest BCUT2D eigenvalue weighted by Crippen LogP contribution is 2.33. The van der Waals surface area contributed by atoms with E-state index in [1.165, 1.54) is 28.0 Å². The number of methoxy groups -OCH3 is 1. The molecule has 0 radical (unpaired) electrons. The van der Waals surface area contributed by atoms with Gasteiger partial charge in [0.25, 0.3) is 11.2 Å². The number of nitro groups is 1. The second kappa shape index (κ2) is 10.5. The van der Waals surface area contributed by atoms with E-state index in [2.05, 4.69) is 0 Å². The van der Waals surface area contributed by atoms with Crippen molar-refractivity contribution in [3.8, 4) is 17.1 Å². The van der Waals surface area contributed by atoms with Crippen LogP contribution in [0.3, 0.4) is 0 Å². The molecule has 3 heterocycles. The smallest absolute Gasteiger partial charge is 0.338 e. The van der Waals surface area contributed by atoms with Gasteiger partial charge in [-0.3, -0.25) is 19.5 Å². The van der Waals surface area contributed by atoms with Crippen LogP contribution in [0.25, 0.3) is 23.1 Å². The quantitative estimate of drug-likeness (QED) is 0.195. The molecular formula is C28H23N3O7S. The lowest BCUT2D eigenvalue weighted by Crippen LogP contribution is -2.35. The first-order valence-corrected chi connectivity index (χ1v) is 12.8. The molecule has 0 unspecified atom stereocenters. The normalized spacial score (nSPS) is 15.1. The van der Waals surface area contributed by atoms with E-state index in [4.69, 9.17) is 18.9 Å². The first-order chi connectivity index (χ1) is 18.8. The monoisotopic (exact) mass is 545 g/mol. The van der Waals surface area contributed by atoms with E-state index in [0.717, 1.165) is 5.56 Å². The molecule has 1 aliphatic heterocycles. The molecular weight excluding hydrogens is 522 g/mol. The minimum Gasteiger partial charge on any atom is -0.497 e. The van der Waals surface area contributed by atoms with E-state index in [9.17, 15) is 19.7 Å². The fourth-order valence-corrected chi connectivity index (χ4v) is 5.35. The number of furan rings is 1. The van der Waals surface area contributed by atoms with Gasteiger partial charge < -0.3 is 13.9 Å². The van der Waals surface area contributed by atoms with Gasteiger partial charge in [-0.25, -0.2) is 9.79 Å². The molecule has 0 bridgehead atoms. The largest absolute Gasteiger partial charge is 0.497 e. The number of nitrogens with zero attached hydrogens (tertiary/aromatic N) is 3. The summed E-state index contributed by atoms with van der Waals surface area (Å²) in [5.41, 5.74) is 1.62. The number of hydrogen-bond donors (Lipinski definition) is 0. The number of allylic oxidation sites excluding steroid dienone is 1. The van der Waals surface area contributed by atoms with Crippen LogP contribution in [0.4, 0.5) is 5.69 Å². The Balaban J connectivity index is 1.60. The summed E-state index contributed by atoms with van der Waals surface area (Å²) in [4.78, 5) is 42.3. The SMILES string of the molecule is CCOC(=O)C1=C(C)n2c(s/c(=C\c3ccc(-c4cccc([N+](=O)[O-])c4)o3)c2=O)=N[C@H]1c1ccc(OC)cc1. The summed E-state index contributed by atoms with van der Waals surface area (Å²) in [5.74, 6) is 0.949. The van der Waals surface area contributed by atoms with Gasteiger partial charge in [0, 0.05) is 29.5 Å². The number of carbonyl (C=O) groups is 1. The van der Waals surface area contributed by atoms with Gasteiger partial charge in [-0.1, -0.05) is 35.6 Å². The van der Waals surface area contributed by atoms with Crippen molar-refractivity contribution in [2.24, 2.45) is 4.99 Å². The van der Waals surface area contributed by atoms with Crippen molar-refractivity contribution in [3.05, 3.63) is 107 Å². The molecule has 5 rings (SSSR count). The number of rotatable bonds is 7. The van der Waals surface area contributed by atoms with Crippen molar-refractivity contribution in [2.75, 3.05) is 13.7 Å². The van der Waals surface area contributed by atoms with E-state index in [1.807, 2.05) is 12.1 Å². The van der Waals surface area contributed by atoms with E-state index >= 15 is 0 Å². The van der Waals surface area contributed by atoms with Gasteiger partial charge in [0.2, 0.25) is 0 Å². The zero-order valence-corrected chi connectivity index (χ0v) is 22.1. The second-order valence-electron chi connectivity index (χ2n) is 8.57. The Morgan fingerprint density at radius 2 is 1.97 bits per heavy atom. The Labute approximate surface area is 225 Å². The maximum atomic E-state index is 13.4. The molecule has 11 heteroatoms. The highest BCUT2D eigenvalue weighted by molar-refractivity contribution is 7.07. The number of aromatic nitrogens is 1. The third-order valence-corrected chi connectivity index (χ3v) is 7.20. The average Bonchev–Trinajstić information content (AvgIpc) is 3.53. The van der Waals surface area contributed by atoms with Gasteiger partial charge in [0.05, 0.1) is 24.2 Å². The molecule has 1 aliphatic rings. The Kier molecular flexibility index (Phi) is 6.99. The molecule has 39 heavy (non-hydrogen) atoms. The molecule has 1 atom stereocenters. The number of benzene rings is 2. The summed E-state index contributed by atoms with van der Waals surface area (Å²) in [7, 11) is 1.57. The van der Waals surface area contributed by atoms with Crippen LogP contribution in [-0.2, 0) is 9.53 Å².